The predicted molar refractivity (Wildman–Crippen MR) is 101 cm³/mol. The van der Waals surface area contributed by atoms with Crippen molar-refractivity contribution in [1.29, 1.82) is 0 Å². The van der Waals surface area contributed by atoms with Gasteiger partial charge in [0.2, 0.25) is 11.8 Å². The number of carbonyl (C=O) groups excluding carboxylic acids is 2. The lowest BCUT2D eigenvalue weighted by atomic mass is 10.1. The van der Waals surface area contributed by atoms with E-state index in [0.717, 1.165) is 24.9 Å². The first-order valence-corrected chi connectivity index (χ1v) is 9.03. The molecule has 5 nitrogen and oxygen atoms in total. The number of halogens is 2. The van der Waals surface area contributed by atoms with E-state index in [0.29, 0.717) is 50.1 Å². The summed E-state index contributed by atoms with van der Waals surface area (Å²) in [7, 11) is 0. The fourth-order valence-corrected chi connectivity index (χ4v) is 3.60. The van der Waals surface area contributed by atoms with Crippen LogP contribution in [0.5, 0.6) is 0 Å². The van der Waals surface area contributed by atoms with Crippen molar-refractivity contribution >= 4 is 35.8 Å². The Hall–Kier alpha value is -1.30. The van der Waals surface area contributed by atoms with Crippen LogP contribution >= 0.6 is 24.0 Å². The lowest BCUT2D eigenvalue weighted by molar-refractivity contribution is -0.139. The molecule has 25 heavy (non-hydrogen) atoms. The van der Waals surface area contributed by atoms with Gasteiger partial charge in [-0.3, -0.25) is 9.59 Å². The topological polar surface area (TPSA) is 52.7 Å². The molecule has 1 N–H and O–H groups in total. The van der Waals surface area contributed by atoms with Gasteiger partial charge in [-0.2, -0.15) is 0 Å². The molecule has 0 saturated carbocycles. The number of amides is 2. The number of benzene rings is 1. The van der Waals surface area contributed by atoms with E-state index < -0.39 is 0 Å². The molecule has 138 valence electrons. The van der Waals surface area contributed by atoms with E-state index in [1.807, 2.05) is 28.0 Å². The first-order valence-electron chi connectivity index (χ1n) is 8.66. The molecule has 1 aromatic carbocycles. The van der Waals surface area contributed by atoms with Crippen LogP contribution in [0.2, 0.25) is 5.02 Å². The zero-order valence-corrected chi connectivity index (χ0v) is 15.8. The van der Waals surface area contributed by atoms with Crippen LogP contribution in [-0.4, -0.2) is 60.4 Å². The fourth-order valence-electron chi connectivity index (χ4n) is 3.39. The molecule has 0 bridgehead atoms. The largest absolute Gasteiger partial charge is 0.339 e. The number of carbonyl (C=O) groups is 2. The van der Waals surface area contributed by atoms with Gasteiger partial charge in [0.15, 0.2) is 0 Å². The standard InChI is InChI=1S/C18H24ClN3O2.ClH/c19-16-6-2-1-4-14(16)12-17(23)21-8-10-22(11-9-21)18(24)13-15-5-3-7-20-15;/h1-2,4,6,15,20H,3,5,7-13H2;1H. The van der Waals surface area contributed by atoms with Gasteiger partial charge in [0.25, 0.3) is 0 Å². The number of nitrogens with zero attached hydrogens (tertiary/aromatic N) is 2. The van der Waals surface area contributed by atoms with Gasteiger partial charge < -0.3 is 15.1 Å². The molecule has 0 spiro atoms. The maximum atomic E-state index is 12.4. The van der Waals surface area contributed by atoms with Gasteiger partial charge in [-0.15, -0.1) is 12.4 Å². The van der Waals surface area contributed by atoms with Crippen molar-refractivity contribution in [3.05, 3.63) is 34.9 Å². The van der Waals surface area contributed by atoms with Crippen LogP contribution in [0, 0.1) is 0 Å². The Morgan fingerprint density at radius 3 is 2.32 bits per heavy atom. The maximum absolute atomic E-state index is 12.4. The second-order valence-corrected chi connectivity index (χ2v) is 6.93. The van der Waals surface area contributed by atoms with Crippen LogP contribution in [0.25, 0.3) is 0 Å². The van der Waals surface area contributed by atoms with Crippen LogP contribution in [0.4, 0.5) is 0 Å². The van der Waals surface area contributed by atoms with E-state index in [1.165, 1.54) is 0 Å². The minimum Gasteiger partial charge on any atom is -0.339 e. The highest BCUT2D eigenvalue weighted by molar-refractivity contribution is 6.31. The molecule has 1 aromatic rings. The van der Waals surface area contributed by atoms with Gasteiger partial charge in [-0.05, 0) is 31.0 Å². The van der Waals surface area contributed by atoms with Gasteiger partial charge in [-0.25, -0.2) is 0 Å². The molecule has 0 aromatic heterocycles. The summed E-state index contributed by atoms with van der Waals surface area (Å²) in [6, 6.07) is 7.77. The summed E-state index contributed by atoms with van der Waals surface area (Å²) < 4.78 is 0. The molecule has 0 aliphatic carbocycles. The minimum absolute atomic E-state index is 0. The van der Waals surface area contributed by atoms with Gasteiger partial charge >= 0.3 is 0 Å². The van der Waals surface area contributed by atoms with Crippen molar-refractivity contribution in [3.63, 3.8) is 0 Å². The Morgan fingerprint density at radius 1 is 1.08 bits per heavy atom. The molecule has 3 rings (SSSR count). The summed E-state index contributed by atoms with van der Waals surface area (Å²) in [6.45, 7) is 3.47. The van der Waals surface area contributed by atoms with Crippen molar-refractivity contribution in [2.75, 3.05) is 32.7 Å². The highest BCUT2D eigenvalue weighted by atomic mass is 35.5. The number of piperazine rings is 1. The molecule has 7 heteroatoms. The van der Waals surface area contributed by atoms with Crippen LogP contribution in [0.3, 0.4) is 0 Å². The Bertz CT molecular complexity index is 598. The average molecular weight is 386 g/mol. The van der Waals surface area contributed by atoms with Crippen molar-refractivity contribution in [2.45, 2.75) is 31.7 Å². The summed E-state index contributed by atoms with van der Waals surface area (Å²) in [4.78, 5) is 28.5. The van der Waals surface area contributed by atoms with Crippen LogP contribution in [0.15, 0.2) is 24.3 Å². The highest BCUT2D eigenvalue weighted by Gasteiger charge is 2.26. The van der Waals surface area contributed by atoms with Crippen molar-refractivity contribution in [2.24, 2.45) is 0 Å². The lowest BCUT2D eigenvalue weighted by Gasteiger charge is -2.35. The fraction of sp³-hybridized carbons (Fsp3) is 0.556. The van der Waals surface area contributed by atoms with Crippen molar-refractivity contribution < 1.29 is 9.59 Å². The molecular weight excluding hydrogens is 361 g/mol. The monoisotopic (exact) mass is 385 g/mol. The van der Waals surface area contributed by atoms with Gasteiger partial charge in [0, 0.05) is 43.7 Å². The van der Waals surface area contributed by atoms with Crippen LogP contribution < -0.4 is 5.32 Å². The maximum Gasteiger partial charge on any atom is 0.227 e. The second kappa shape index (κ2) is 9.41. The Morgan fingerprint density at radius 2 is 1.72 bits per heavy atom. The molecule has 2 fully saturated rings. The zero-order valence-electron chi connectivity index (χ0n) is 14.2. The van der Waals surface area contributed by atoms with E-state index in [9.17, 15) is 9.59 Å². The first-order chi connectivity index (χ1) is 11.6. The Labute approximate surface area is 160 Å². The summed E-state index contributed by atoms with van der Waals surface area (Å²) in [5.41, 5.74) is 0.856. The normalized spacial score (nSPS) is 20.3. The predicted octanol–water partition coefficient (Wildman–Crippen LogP) is 2.12. The summed E-state index contributed by atoms with van der Waals surface area (Å²) in [5.74, 6) is 0.278. The molecule has 2 saturated heterocycles. The smallest absolute Gasteiger partial charge is 0.227 e. The average Bonchev–Trinajstić information content (AvgIpc) is 3.10. The number of nitrogens with one attached hydrogen (secondary N) is 1. The third-order valence-electron chi connectivity index (χ3n) is 4.87. The van der Waals surface area contributed by atoms with E-state index >= 15 is 0 Å². The van der Waals surface area contributed by atoms with E-state index in [-0.39, 0.29) is 24.2 Å². The SMILES string of the molecule is Cl.O=C(Cc1ccccc1Cl)N1CCN(C(=O)CC2CCCN2)CC1. The van der Waals surface area contributed by atoms with Gasteiger partial charge in [0.05, 0.1) is 6.42 Å². The molecule has 2 heterocycles. The van der Waals surface area contributed by atoms with Crippen molar-refractivity contribution in [3.8, 4) is 0 Å². The third kappa shape index (κ3) is 5.33. The molecule has 1 atom stereocenters. The van der Waals surface area contributed by atoms with E-state index in [1.54, 1.807) is 6.07 Å². The lowest BCUT2D eigenvalue weighted by Crippen LogP contribution is -2.51. The quantitative estimate of drug-likeness (QED) is 0.863. The number of hydrogen-bond donors (Lipinski definition) is 1. The summed E-state index contributed by atoms with van der Waals surface area (Å²) in [5, 5.41) is 3.99. The Balaban J connectivity index is 0.00000225. The molecular formula is C18H25Cl2N3O2. The van der Waals surface area contributed by atoms with E-state index in [4.69, 9.17) is 11.6 Å². The first kappa shape index (κ1) is 20.0. The summed E-state index contributed by atoms with van der Waals surface area (Å²) in [6.07, 6.45) is 3.14. The van der Waals surface area contributed by atoms with Gasteiger partial charge in [0.1, 0.15) is 0 Å². The molecule has 2 amide bonds. The second-order valence-electron chi connectivity index (χ2n) is 6.53. The van der Waals surface area contributed by atoms with Crippen LogP contribution in [-0.2, 0) is 16.0 Å². The number of hydrogen-bond acceptors (Lipinski definition) is 3. The molecule has 2 aliphatic rings. The highest BCUT2D eigenvalue weighted by Crippen LogP contribution is 2.17. The zero-order chi connectivity index (χ0) is 16.9. The van der Waals surface area contributed by atoms with Gasteiger partial charge in [-0.1, -0.05) is 29.8 Å². The Kier molecular flexibility index (Phi) is 7.54. The number of rotatable bonds is 4. The molecule has 1 unspecified atom stereocenters. The molecule has 0 radical (unpaired) electrons. The summed E-state index contributed by atoms with van der Waals surface area (Å²) >= 11 is 6.12. The van der Waals surface area contributed by atoms with Crippen molar-refractivity contribution in [1.82, 2.24) is 15.1 Å². The van der Waals surface area contributed by atoms with Crippen LogP contribution in [0.1, 0.15) is 24.8 Å². The minimum atomic E-state index is 0. The van der Waals surface area contributed by atoms with E-state index in [2.05, 4.69) is 5.32 Å². The molecule has 2 aliphatic heterocycles. The third-order valence-corrected chi connectivity index (χ3v) is 5.24.